The third kappa shape index (κ3) is 3.39. The van der Waals surface area contributed by atoms with E-state index in [-0.39, 0.29) is 12.4 Å². The largest absolute Gasteiger partial charge is 0.362 e. The monoisotopic (exact) mass is 220 g/mol. The van der Waals surface area contributed by atoms with Crippen LogP contribution in [0.3, 0.4) is 0 Å². The first-order valence-corrected chi connectivity index (χ1v) is 5.87. The topological polar surface area (TPSA) is 24.4 Å². The SMILES string of the molecule is C1CCC(NC2=NCCS2)CC1.Cl. The zero-order valence-electron chi connectivity index (χ0n) is 7.79. The van der Waals surface area contributed by atoms with Gasteiger partial charge in [0, 0.05) is 11.8 Å². The first-order chi connectivity index (χ1) is 5.95. The Morgan fingerprint density at radius 2 is 2.00 bits per heavy atom. The minimum atomic E-state index is 0. The Labute approximate surface area is 90.4 Å². The molecule has 1 N–H and O–H groups in total. The molecule has 13 heavy (non-hydrogen) atoms. The molecule has 2 aliphatic rings. The van der Waals surface area contributed by atoms with E-state index in [0.29, 0.717) is 0 Å². The molecule has 0 unspecified atom stereocenters. The van der Waals surface area contributed by atoms with Gasteiger partial charge in [-0.2, -0.15) is 0 Å². The van der Waals surface area contributed by atoms with Crippen molar-refractivity contribution in [3.63, 3.8) is 0 Å². The highest BCUT2D eigenvalue weighted by molar-refractivity contribution is 8.14. The van der Waals surface area contributed by atoms with Gasteiger partial charge in [0.1, 0.15) is 0 Å². The van der Waals surface area contributed by atoms with Gasteiger partial charge >= 0.3 is 0 Å². The van der Waals surface area contributed by atoms with Crippen LogP contribution in [0.1, 0.15) is 32.1 Å². The van der Waals surface area contributed by atoms with Crippen LogP contribution in [0.2, 0.25) is 0 Å². The number of rotatable bonds is 1. The van der Waals surface area contributed by atoms with Gasteiger partial charge in [-0.05, 0) is 12.8 Å². The highest BCUT2D eigenvalue weighted by Crippen LogP contribution is 2.19. The summed E-state index contributed by atoms with van der Waals surface area (Å²) < 4.78 is 0. The molecule has 76 valence electrons. The molecule has 0 aromatic rings. The fraction of sp³-hybridized carbons (Fsp3) is 0.889. The highest BCUT2D eigenvalue weighted by Gasteiger charge is 2.16. The summed E-state index contributed by atoms with van der Waals surface area (Å²) >= 11 is 1.87. The second-order valence-corrected chi connectivity index (χ2v) is 4.60. The Hall–Kier alpha value is 0.110. The number of amidine groups is 1. The van der Waals surface area contributed by atoms with Gasteiger partial charge in [-0.1, -0.05) is 31.0 Å². The quantitative estimate of drug-likeness (QED) is 0.734. The Morgan fingerprint density at radius 3 is 2.62 bits per heavy atom. The minimum absolute atomic E-state index is 0. The molecule has 1 fully saturated rings. The summed E-state index contributed by atoms with van der Waals surface area (Å²) in [6.07, 6.45) is 6.92. The molecule has 0 aromatic carbocycles. The van der Waals surface area contributed by atoms with Gasteiger partial charge in [-0.15, -0.1) is 12.4 Å². The smallest absolute Gasteiger partial charge is 0.156 e. The third-order valence-electron chi connectivity index (χ3n) is 2.52. The third-order valence-corrected chi connectivity index (χ3v) is 3.43. The van der Waals surface area contributed by atoms with E-state index in [1.807, 2.05) is 11.8 Å². The van der Waals surface area contributed by atoms with Gasteiger partial charge in [0.05, 0.1) is 6.54 Å². The van der Waals surface area contributed by atoms with E-state index in [9.17, 15) is 0 Å². The van der Waals surface area contributed by atoms with E-state index in [2.05, 4.69) is 10.3 Å². The predicted molar refractivity (Wildman–Crippen MR) is 62.0 cm³/mol. The van der Waals surface area contributed by atoms with Crippen molar-refractivity contribution < 1.29 is 0 Å². The van der Waals surface area contributed by atoms with Crippen LogP contribution < -0.4 is 5.32 Å². The van der Waals surface area contributed by atoms with Crippen molar-refractivity contribution >= 4 is 29.3 Å². The van der Waals surface area contributed by atoms with Crippen LogP contribution in [0, 0.1) is 0 Å². The van der Waals surface area contributed by atoms with Crippen molar-refractivity contribution in [3.05, 3.63) is 0 Å². The number of nitrogens with one attached hydrogen (secondary N) is 1. The summed E-state index contributed by atoms with van der Waals surface area (Å²) in [6.45, 7) is 1.01. The van der Waals surface area contributed by atoms with Crippen molar-refractivity contribution in [2.75, 3.05) is 12.3 Å². The van der Waals surface area contributed by atoms with E-state index in [1.165, 1.54) is 43.0 Å². The average Bonchev–Trinajstić information content (AvgIpc) is 2.59. The first kappa shape index (κ1) is 11.2. The Balaban J connectivity index is 0.000000845. The van der Waals surface area contributed by atoms with Crippen molar-refractivity contribution in [2.45, 2.75) is 38.1 Å². The predicted octanol–water partition coefficient (Wildman–Crippen LogP) is 2.43. The van der Waals surface area contributed by atoms with Crippen molar-refractivity contribution in [1.82, 2.24) is 5.32 Å². The van der Waals surface area contributed by atoms with Crippen molar-refractivity contribution in [1.29, 1.82) is 0 Å². The summed E-state index contributed by atoms with van der Waals surface area (Å²) in [7, 11) is 0. The number of aliphatic imine (C=N–C) groups is 1. The van der Waals surface area contributed by atoms with Crippen LogP contribution in [0.25, 0.3) is 0 Å². The zero-order valence-corrected chi connectivity index (χ0v) is 9.42. The summed E-state index contributed by atoms with van der Waals surface area (Å²) in [5.41, 5.74) is 0. The fourth-order valence-electron chi connectivity index (χ4n) is 1.84. The molecule has 2 rings (SSSR count). The number of nitrogens with zero attached hydrogens (tertiary/aromatic N) is 1. The molecule has 0 amide bonds. The molecule has 0 bridgehead atoms. The summed E-state index contributed by atoms with van der Waals surface area (Å²) in [6, 6.07) is 0.725. The molecule has 4 heteroatoms. The standard InChI is InChI=1S/C9H16N2S.ClH/c1-2-4-8(5-3-1)11-9-10-6-7-12-9;/h8H,1-7H2,(H,10,11);1H. The van der Waals surface area contributed by atoms with E-state index in [0.717, 1.165) is 12.6 Å². The molecule has 0 atom stereocenters. The molecular weight excluding hydrogens is 204 g/mol. The van der Waals surface area contributed by atoms with Gasteiger partial charge in [0.25, 0.3) is 0 Å². The van der Waals surface area contributed by atoms with Crippen LogP contribution in [-0.2, 0) is 0 Å². The van der Waals surface area contributed by atoms with Gasteiger partial charge in [0.2, 0.25) is 0 Å². The number of thioether (sulfide) groups is 1. The lowest BCUT2D eigenvalue weighted by Crippen LogP contribution is -2.33. The molecule has 1 aliphatic carbocycles. The van der Waals surface area contributed by atoms with E-state index in [4.69, 9.17) is 0 Å². The molecular formula is C9H17ClN2S. The molecule has 1 saturated carbocycles. The molecule has 0 spiro atoms. The second-order valence-electron chi connectivity index (χ2n) is 3.51. The van der Waals surface area contributed by atoms with E-state index < -0.39 is 0 Å². The Bertz CT molecular complexity index is 178. The van der Waals surface area contributed by atoms with Gasteiger partial charge in [-0.25, -0.2) is 0 Å². The maximum Gasteiger partial charge on any atom is 0.156 e. The summed E-state index contributed by atoms with van der Waals surface area (Å²) in [5.74, 6) is 1.18. The Morgan fingerprint density at radius 1 is 1.23 bits per heavy atom. The normalized spacial score (nSPS) is 23.5. The van der Waals surface area contributed by atoms with Gasteiger partial charge in [0.15, 0.2) is 5.17 Å². The van der Waals surface area contributed by atoms with Crippen LogP contribution in [0.15, 0.2) is 4.99 Å². The molecule has 1 aliphatic heterocycles. The maximum atomic E-state index is 4.40. The summed E-state index contributed by atoms with van der Waals surface area (Å²) in [4.78, 5) is 4.40. The maximum absolute atomic E-state index is 4.40. The molecule has 0 saturated heterocycles. The number of hydrogen-bond acceptors (Lipinski definition) is 3. The average molecular weight is 221 g/mol. The van der Waals surface area contributed by atoms with E-state index >= 15 is 0 Å². The first-order valence-electron chi connectivity index (χ1n) is 4.89. The molecule has 0 aromatic heterocycles. The van der Waals surface area contributed by atoms with Crippen LogP contribution in [0.4, 0.5) is 0 Å². The van der Waals surface area contributed by atoms with E-state index in [1.54, 1.807) is 0 Å². The number of halogens is 1. The zero-order chi connectivity index (χ0) is 8.23. The molecule has 2 nitrogen and oxygen atoms in total. The lowest BCUT2D eigenvalue weighted by atomic mass is 9.96. The number of hydrogen-bond donors (Lipinski definition) is 1. The van der Waals surface area contributed by atoms with Crippen LogP contribution >= 0.6 is 24.2 Å². The highest BCUT2D eigenvalue weighted by atomic mass is 35.5. The fourth-order valence-corrected chi connectivity index (χ4v) is 2.65. The van der Waals surface area contributed by atoms with Gasteiger partial charge in [-0.3, -0.25) is 4.99 Å². The van der Waals surface area contributed by atoms with Crippen LogP contribution in [-0.4, -0.2) is 23.5 Å². The molecule has 0 radical (unpaired) electrons. The van der Waals surface area contributed by atoms with Crippen molar-refractivity contribution in [3.8, 4) is 0 Å². The summed E-state index contributed by atoms with van der Waals surface area (Å²) in [5, 5.41) is 4.73. The Kier molecular flexibility index (Phi) is 4.96. The van der Waals surface area contributed by atoms with Gasteiger partial charge < -0.3 is 5.32 Å². The molecule has 1 heterocycles. The second kappa shape index (κ2) is 5.76. The van der Waals surface area contributed by atoms with Crippen LogP contribution in [0.5, 0.6) is 0 Å². The lowest BCUT2D eigenvalue weighted by Gasteiger charge is -2.23. The lowest BCUT2D eigenvalue weighted by molar-refractivity contribution is 0.415. The minimum Gasteiger partial charge on any atom is -0.362 e. The van der Waals surface area contributed by atoms with Crippen molar-refractivity contribution in [2.24, 2.45) is 4.99 Å².